The highest BCUT2D eigenvalue weighted by Crippen LogP contribution is 2.18. The Morgan fingerprint density at radius 1 is 0.950 bits per heavy atom. The molecule has 1 N–H and O–H groups in total. The smallest absolute Gasteiger partial charge is 0.108 e. The summed E-state index contributed by atoms with van der Waals surface area (Å²) in [5.41, 5.74) is 3.45. The third kappa shape index (κ3) is 4.55. The standard InChI is InChI=1S/C18H19NO/c1-19-13-15-20-14-5-6-16-9-11-18(12-10-16)17-7-3-2-4-8-17/h2-4,7-12,19H,13-15H2,1H3. The lowest BCUT2D eigenvalue weighted by Gasteiger charge is -2.01. The zero-order valence-corrected chi connectivity index (χ0v) is 11.7. The van der Waals surface area contributed by atoms with E-state index in [0.29, 0.717) is 13.2 Å². The van der Waals surface area contributed by atoms with Crippen molar-refractivity contribution in [2.24, 2.45) is 0 Å². The van der Waals surface area contributed by atoms with E-state index < -0.39 is 0 Å². The maximum absolute atomic E-state index is 5.35. The quantitative estimate of drug-likeness (QED) is 0.663. The molecule has 2 heteroatoms. The van der Waals surface area contributed by atoms with Gasteiger partial charge in [-0.15, -0.1) is 0 Å². The largest absolute Gasteiger partial charge is 0.367 e. The SMILES string of the molecule is CNCCOCC#Cc1ccc(-c2ccccc2)cc1. The Labute approximate surface area is 120 Å². The van der Waals surface area contributed by atoms with Gasteiger partial charge in [-0.25, -0.2) is 0 Å². The van der Waals surface area contributed by atoms with Crippen LogP contribution in [0.3, 0.4) is 0 Å². The molecule has 0 amide bonds. The van der Waals surface area contributed by atoms with E-state index >= 15 is 0 Å². The molecule has 0 atom stereocenters. The molecule has 0 saturated heterocycles. The van der Waals surface area contributed by atoms with Gasteiger partial charge < -0.3 is 10.1 Å². The van der Waals surface area contributed by atoms with Crippen molar-refractivity contribution in [1.29, 1.82) is 0 Å². The molecule has 0 unspecified atom stereocenters. The molecule has 0 aliphatic rings. The number of likely N-dealkylation sites (N-methyl/N-ethyl adjacent to an activating group) is 1. The molecular formula is C18H19NO. The second kappa shape index (κ2) is 8.16. The van der Waals surface area contributed by atoms with Gasteiger partial charge in [0.25, 0.3) is 0 Å². The lowest BCUT2D eigenvalue weighted by Crippen LogP contribution is -2.14. The van der Waals surface area contributed by atoms with E-state index in [1.807, 2.05) is 37.4 Å². The van der Waals surface area contributed by atoms with Gasteiger partial charge in [0.2, 0.25) is 0 Å². The van der Waals surface area contributed by atoms with Gasteiger partial charge in [-0.1, -0.05) is 54.3 Å². The fourth-order valence-electron chi connectivity index (χ4n) is 1.81. The summed E-state index contributed by atoms with van der Waals surface area (Å²) in [7, 11) is 1.91. The van der Waals surface area contributed by atoms with Crippen LogP contribution in [0.15, 0.2) is 54.6 Å². The second-order valence-corrected chi connectivity index (χ2v) is 4.40. The highest BCUT2D eigenvalue weighted by atomic mass is 16.5. The van der Waals surface area contributed by atoms with E-state index in [9.17, 15) is 0 Å². The highest BCUT2D eigenvalue weighted by molar-refractivity contribution is 5.64. The van der Waals surface area contributed by atoms with Crippen LogP contribution in [0.5, 0.6) is 0 Å². The molecule has 0 radical (unpaired) electrons. The summed E-state index contributed by atoms with van der Waals surface area (Å²) < 4.78 is 5.35. The predicted molar refractivity (Wildman–Crippen MR) is 83.5 cm³/mol. The van der Waals surface area contributed by atoms with Crippen molar-refractivity contribution in [3.8, 4) is 23.0 Å². The van der Waals surface area contributed by atoms with Gasteiger partial charge in [-0.3, -0.25) is 0 Å². The second-order valence-electron chi connectivity index (χ2n) is 4.40. The molecule has 20 heavy (non-hydrogen) atoms. The number of benzene rings is 2. The van der Waals surface area contributed by atoms with Crippen molar-refractivity contribution in [3.05, 3.63) is 60.2 Å². The van der Waals surface area contributed by atoms with Crippen molar-refractivity contribution < 1.29 is 4.74 Å². The van der Waals surface area contributed by atoms with Crippen molar-refractivity contribution in [2.45, 2.75) is 0 Å². The minimum Gasteiger partial charge on any atom is -0.367 e. The molecule has 0 saturated carbocycles. The number of nitrogens with one attached hydrogen (secondary N) is 1. The zero-order valence-electron chi connectivity index (χ0n) is 11.7. The Balaban J connectivity index is 1.91. The monoisotopic (exact) mass is 265 g/mol. The first-order valence-corrected chi connectivity index (χ1v) is 6.77. The average Bonchev–Trinajstić information content (AvgIpc) is 2.52. The Morgan fingerprint density at radius 3 is 2.35 bits per heavy atom. The Hall–Kier alpha value is -2.08. The molecule has 0 bridgehead atoms. The first kappa shape index (κ1) is 14.3. The molecule has 0 heterocycles. The molecule has 2 aromatic rings. The van der Waals surface area contributed by atoms with Crippen LogP contribution in [0.1, 0.15) is 5.56 Å². The van der Waals surface area contributed by atoms with Crippen molar-refractivity contribution in [2.75, 3.05) is 26.8 Å². The van der Waals surface area contributed by atoms with Crippen LogP contribution < -0.4 is 5.32 Å². The first-order valence-electron chi connectivity index (χ1n) is 6.77. The van der Waals surface area contributed by atoms with Crippen LogP contribution in [-0.4, -0.2) is 26.8 Å². The van der Waals surface area contributed by atoms with E-state index in [2.05, 4.69) is 41.4 Å². The third-order valence-corrected chi connectivity index (χ3v) is 2.90. The molecule has 0 aromatic heterocycles. The molecule has 2 aromatic carbocycles. The molecule has 0 fully saturated rings. The van der Waals surface area contributed by atoms with Crippen molar-refractivity contribution in [3.63, 3.8) is 0 Å². The molecular weight excluding hydrogens is 246 g/mol. The maximum atomic E-state index is 5.35. The van der Waals surface area contributed by atoms with Gasteiger partial charge in [0.15, 0.2) is 0 Å². The minimum atomic E-state index is 0.474. The number of ether oxygens (including phenoxy) is 1. The number of hydrogen-bond donors (Lipinski definition) is 1. The Bertz CT molecular complexity index is 564. The minimum absolute atomic E-state index is 0.474. The molecule has 2 nitrogen and oxygen atoms in total. The lowest BCUT2D eigenvalue weighted by atomic mass is 10.0. The van der Waals surface area contributed by atoms with Crippen molar-refractivity contribution >= 4 is 0 Å². The van der Waals surface area contributed by atoms with Gasteiger partial charge in [0, 0.05) is 12.1 Å². The van der Waals surface area contributed by atoms with Gasteiger partial charge >= 0.3 is 0 Å². The first-order chi connectivity index (χ1) is 9.90. The zero-order chi connectivity index (χ0) is 14.0. The van der Waals surface area contributed by atoms with Crippen LogP contribution in [-0.2, 0) is 4.74 Å². The average molecular weight is 265 g/mol. The third-order valence-electron chi connectivity index (χ3n) is 2.90. The molecule has 0 aliphatic carbocycles. The summed E-state index contributed by atoms with van der Waals surface area (Å²) >= 11 is 0. The molecule has 2 rings (SSSR count). The van der Waals surface area contributed by atoms with E-state index in [0.717, 1.165) is 12.1 Å². The molecule has 102 valence electrons. The van der Waals surface area contributed by atoms with Gasteiger partial charge in [-0.05, 0) is 30.3 Å². The Kier molecular flexibility index (Phi) is 5.85. The van der Waals surface area contributed by atoms with Gasteiger partial charge in [-0.2, -0.15) is 0 Å². The summed E-state index contributed by atoms with van der Waals surface area (Å²) in [4.78, 5) is 0. The number of rotatable bonds is 5. The summed E-state index contributed by atoms with van der Waals surface area (Å²) in [5, 5.41) is 3.02. The normalized spacial score (nSPS) is 9.85. The summed E-state index contributed by atoms with van der Waals surface area (Å²) in [6, 6.07) is 18.6. The van der Waals surface area contributed by atoms with Crippen LogP contribution in [0.25, 0.3) is 11.1 Å². The highest BCUT2D eigenvalue weighted by Gasteiger charge is 1.95. The fraction of sp³-hybridized carbons (Fsp3) is 0.222. The van der Waals surface area contributed by atoms with E-state index in [4.69, 9.17) is 4.74 Å². The van der Waals surface area contributed by atoms with Gasteiger partial charge in [0.1, 0.15) is 6.61 Å². The van der Waals surface area contributed by atoms with E-state index in [1.54, 1.807) is 0 Å². The van der Waals surface area contributed by atoms with Crippen LogP contribution in [0.2, 0.25) is 0 Å². The van der Waals surface area contributed by atoms with E-state index in [-0.39, 0.29) is 0 Å². The predicted octanol–water partition coefficient (Wildman–Crippen LogP) is 2.94. The summed E-state index contributed by atoms with van der Waals surface area (Å²) in [6.45, 7) is 2.02. The summed E-state index contributed by atoms with van der Waals surface area (Å²) in [6.07, 6.45) is 0. The Morgan fingerprint density at radius 2 is 1.65 bits per heavy atom. The molecule has 0 aliphatic heterocycles. The topological polar surface area (TPSA) is 21.3 Å². The van der Waals surface area contributed by atoms with Crippen LogP contribution in [0, 0.1) is 11.8 Å². The maximum Gasteiger partial charge on any atom is 0.108 e. The lowest BCUT2D eigenvalue weighted by molar-refractivity contribution is 0.170. The van der Waals surface area contributed by atoms with Crippen LogP contribution in [0.4, 0.5) is 0 Å². The number of hydrogen-bond acceptors (Lipinski definition) is 2. The summed E-state index contributed by atoms with van der Waals surface area (Å²) in [5.74, 6) is 6.12. The molecule has 0 spiro atoms. The van der Waals surface area contributed by atoms with Crippen molar-refractivity contribution in [1.82, 2.24) is 5.32 Å². The fourth-order valence-corrected chi connectivity index (χ4v) is 1.81. The van der Waals surface area contributed by atoms with Crippen LogP contribution >= 0.6 is 0 Å². The van der Waals surface area contributed by atoms with Gasteiger partial charge in [0.05, 0.1) is 6.61 Å². The van der Waals surface area contributed by atoms with E-state index in [1.165, 1.54) is 11.1 Å².